The Morgan fingerprint density at radius 2 is 1.27 bits per heavy atom. The van der Waals surface area contributed by atoms with Gasteiger partial charge >= 0.3 is 0 Å². The Morgan fingerprint density at radius 3 is 1.93 bits per heavy atom. The summed E-state index contributed by atoms with van der Waals surface area (Å²) in [5, 5.41) is 0. The van der Waals surface area contributed by atoms with E-state index in [-0.39, 0.29) is 0 Å². The Hall–Kier alpha value is -4.00. The fourth-order valence-electron chi connectivity index (χ4n) is 6.52. The number of ether oxygens (including phenoxy) is 4. The van der Waals surface area contributed by atoms with Crippen LogP contribution in [-0.4, -0.2) is 63.4 Å². The fourth-order valence-corrected chi connectivity index (χ4v) is 6.52. The molecule has 0 unspecified atom stereocenters. The largest absolute Gasteiger partial charge is 0.496 e. The molecule has 0 amide bonds. The number of hydrogen-bond donors (Lipinski definition) is 0. The summed E-state index contributed by atoms with van der Waals surface area (Å²) in [6, 6.07) is 29.6. The van der Waals surface area contributed by atoms with E-state index in [2.05, 4.69) is 76.5 Å². The molecule has 0 N–H and O–H groups in total. The minimum atomic E-state index is 0.524. The predicted molar refractivity (Wildman–Crippen MR) is 181 cm³/mol. The van der Waals surface area contributed by atoms with Crippen molar-refractivity contribution in [1.29, 1.82) is 0 Å². The van der Waals surface area contributed by atoms with E-state index in [1.807, 2.05) is 18.2 Å². The molecule has 4 aromatic rings. The summed E-state index contributed by atoms with van der Waals surface area (Å²) in [5.74, 6) is 3.52. The molecule has 0 aromatic heterocycles. The third-order valence-corrected chi connectivity index (χ3v) is 9.01. The zero-order chi connectivity index (χ0) is 30.8. The van der Waals surface area contributed by atoms with Gasteiger partial charge in [-0.05, 0) is 122 Å². The van der Waals surface area contributed by atoms with Gasteiger partial charge in [0.25, 0.3) is 0 Å². The van der Waals surface area contributed by atoms with E-state index >= 15 is 0 Å². The molecule has 6 nitrogen and oxygen atoms in total. The Kier molecular flexibility index (Phi) is 10.6. The van der Waals surface area contributed by atoms with Gasteiger partial charge in [0.05, 0.1) is 19.8 Å². The van der Waals surface area contributed by atoms with Crippen LogP contribution in [0.5, 0.6) is 23.0 Å². The van der Waals surface area contributed by atoms with Gasteiger partial charge in [0.2, 0.25) is 0 Å². The predicted octanol–water partition coefficient (Wildman–Crippen LogP) is 7.61. The number of nitrogens with zero attached hydrogens (tertiary/aromatic N) is 2. The van der Waals surface area contributed by atoms with Gasteiger partial charge in [0.15, 0.2) is 0 Å². The van der Waals surface area contributed by atoms with Crippen molar-refractivity contribution in [1.82, 2.24) is 9.80 Å². The van der Waals surface area contributed by atoms with E-state index in [4.69, 9.17) is 18.9 Å². The van der Waals surface area contributed by atoms with E-state index in [0.717, 1.165) is 83.4 Å². The summed E-state index contributed by atoms with van der Waals surface area (Å²) in [4.78, 5) is 4.95. The Labute approximate surface area is 268 Å². The molecule has 236 valence electrons. The van der Waals surface area contributed by atoms with Gasteiger partial charge in [0, 0.05) is 13.1 Å². The molecule has 2 fully saturated rings. The lowest BCUT2D eigenvalue weighted by Crippen LogP contribution is -2.25. The maximum Gasteiger partial charge on any atom is 0.127 e. The van der Waals surface area contributed by atoms with Crippen molar-refractivity contribution in [2.24, 2.45) is 0 Å². The Balaban J connectivity index is 1.24. The zero-order valence-corrected chi connectivity index (χ0v) is 26.8. The Bertz CT molecular complexity index is 1490. The van der Waals surface area contributed by atoms with Gasteiger partial charge in [-0.25, -0.2) is 0 Å². The second-order valence-corrected chi connectivity index (χ2v) is 12.2. The average molecular weight is 607 g/mol. The number of hydrogen-bond acceptors (Lipinski definition) is 6. The number of methoxy groups -OCH3 is 2. The summed E-state index contributed by atoms with van der Waals surface area (Å²) >= 11 is 0. The topological polar surface area (TPSA) is 43.4 Å². The van der Waals surface area contributed by atoms with Crippen molar-refractivity contribution >= 4 is 0 Å². The number of likely N-dealkylation sites (tertiary alicyclic amines) is 2. The van der Waals surface area contributed by atoms with E-state index in [1.54, 1.807) is 14.2 Å². The molecule has 2 aliphatic heterocycles. The van der Waals surface area contributed by atoms with Crippen LogP contribution in [0.3, 0.4) is 0 Å². The Morgan fingerprint density at radius 1 is 0.622 bits per heavy atom. The normalized spacial score (nSPS) is 15.3. The molecule has 0 radical (unpaired) electrons. The minimum Gasteiger partial charge on any atom is -0.496 e. The van der Waals surface area contributed by atoms with Crippen molar-refractivity contribution < 1.29 is 18.9 Å². The summed E-state index contributed by atoms with van der Waals surface area (Å²) in [5.41, 5.74) is 6.90. The maximum absolute atomic E-state index is 6.26. The van der Waals surface area contributed by atoms with Gasteiger partial charge in [-0.3, -0.25) is 9.80 Å². The van der Waals surface area contributed by atoms with Crippen LogP contribution < -0.4 is 18.9 Å². The number of rotatable bonds is 14. The molecule has 2 heterocycles. The van der Waals surface area contributed by atoms with Crippen LogP contribution in [0.25, 0.3) is 11.1 Å². The SMILES string of the molecule is COc1cc(Cc2ccc(OCc3ccccc3)cc2-c2ccc(OCCN3CCCC3)cc2)cc(OC)c1CN1CCCC1. The number of benzene rings is 4. The molecule has 6 heteroatoms. The van der Waals surface area contributed by atoms with Gasteiger partial charge < -0.3 is 18.9 Å². The highest BCUT2D eigenvalue weighted by atomic mass is 16.5. The average Bonchev–Trinajstić information content (AvgIpc) is 3.81. The molecule has 4 aromatic carbocycles. The molecule has 45 heavy (non-hydrogen) atoms. The highest BCUT2D eigenvalue weighted by molar-refractivity contribution is 5.70. The van der Waals surface area contributed by atoms with Crippen molar-refractivity contribution in [3.63, 3.8) is 0 Å². The highest BCUT2D eigenvalue weighted by Gasteiger charge is 2.20. The van der Waals surface area contributed by atoms with Crippen LogP contribution in [0, 0.1) is 0 Å². The third-order valence-electron chi connectivity index (χ3n) is 9.01. The first-order valence-electron chi connectivity index (χ1n) is 16.4. The molecule has 0 aliphatic carbocycles. The smallest absolute Gasteiger partial charge is 0.127 e. The first-order chi connectivity index (χ1) is 22.2. The molecular formula is C39H46N2O4. The third kappa shape index (κ3) is 8.19. The van der Waals surface area contributed by atoms with Crippen LogP contribution in [0.15, 0.2) is 84.9 Å². The standard InChI is InChI=1S/C39H46N2O4/c1-42-38-25-31(26-39(43-2)37(38)28-41-20-8-9-21-41)24-33-14-17-35(45-29-30-10-4-3-5-11-30)27-36(33)32-12-15-34(16-13-32)44-23-22-40-18-6-7-19-40/h3-5,10-17,25-27H,6-9,18-24,28-29H2,1-2H3. The first-order valence-corrected chi connectivity index (χ1v) is 16.4. The molecule has 0 spiro atoms. The van der Waals surface area contributed by atoms with E-state index in [9.17, 15) is 0 Å². The quantitative estimate of drug-likeness (QED) is 0.147. The lowest BCUT2D eigenvalue weighted by atomic mass is 9.93. The monoisotopic (exact) mass is 606 g/mol. The zero-order valence-electron chi connectivity index (χ0n) is 26.8. The lowest BCUT2D eigenvalue weighted by molar-refractivity contribution is 0.238. The minimum absolute atomic E-state index is 0.524. The molecule has 0 atom stereocenters. The van der Waals surface area contributed by atoms with Crippen molar-refractivity contribution in [3.05, 3.63) is 107 Å². The van der Waals surface area contributed by atoms with E-state index < -0.39 is 0 Å². The van der Waals surface area contributed by atoms with Crippen LogP contribution in [0.2, 0.25) is 0 Å². The fraction of sp³-hybridized carbons (Fsp3) is 0.385. The van der Waals surface area contributed by atoms with Crippen LogP contribution >= 0.6 is 0 Å². The molecule has 2 aliphatic rings. The molecule has 0 saturated carbocycles. The molecular weight excluding hydrogens is 560 g/mol. The second-order valence-electron chi connectivity index (χ2n) is 12.2. The van der Waals surface area contributed by atoms with Gasteiger partial charge in [0.1, 0.15) is 36.2 Å². The van der Waals surface area contributed by atoms with E-state index in [0.29, 0.717) is 13.2 Å². The molecule has 0 bridgehead atoms. The second kappa shape index (κ2) is 15.3. The molecule has 6 rings (SSSR count). The maximum atomic E-state index is 6.26. The van der Waals surface area contributed by atoms with Crippen molar-refractivity contribution in [2.45, 2.75) is 45.3 Å². The molecule has 2 saturated heterocycles. The summed E-state index contributed by atoms with van der Waals surface area (Å²) in [6.07, 6.45) is 5.84. The lowest BCUT2D eigenvalue weighted by Gasteiger charge is -2.21. The van der Waals surface area contributed by atoms with Crippen molar-refractivity contribution in [2.75, 3.05) is 53.6 Å². The summed E-state index contributed by atoms with van der Waals surface area (Å²) < 4.78 is 24.2. The first kappa shape index (κ1) is 31.0. The summed E-state index contributed by atoms with van der Waals surface area (Å²) in [7, 11) is 3.51. The van der Waals surface area contributed by atoms with Gasteiger partial charge in [-0.15, -0.1) is 0 Å². The summed E-state index contributed by atoms with van der Waals surface area (Å²) in [6.45, 7) is 7.69. The van der Waals surface area contributed by atoms with Gasteiger partial charge in [-0.1, -0.05) is 48.5 Å². The van der Waals surface area contributed by atoms with Crippen molar-refractivity contribution in [3.8, 4) is 34.1 Å². The van der Waals surface area contributed by atoms with Crippen LogP contribution in [0.1, 0.15) is 47.9 Å². The van der Waals surface area contributed by atoms with Crippen LogP contribution in [0.4, 0.5) is 0 Å². The van der Waals surface area contributed by atoms with Gasteiger partial charge in [-0.2, -0.15) is 0 Å². The van der Waals surface area contributed by atoms with E-state index in [1.165, 1.54) is 44.3 Å². The highest BCUT2D eigenvalue weighted by Crippen LogP contribution is 2.36. The van der Waals surface area contributed by atoms with Crippen LogP contribution in [-0.2, 0) is 19.6 Å².